The molecule has 1 aliphatic rings. The van der Waals surface area contributed by atoms with Crippen LogP contribution in [0.4, 0.5) is 0 Å². The number of benzene rings is 1. The van der Waals surface area contributed by atoms with Crippen molar-refractivity contribution in [2.24, 2.45) is 10.8 Å². The van der Waals surface area contributed by atoms with Gasteiger partial charge in [0.05, 0.1) is 0 Å². The molecule has 3 N–H and O–H groups in total. The fraction of sp³-hybridized carbons (Fsp3) is 0.769. The lowest BCUT2D eigenvalue weighted by Gasteiger charge is -2.22. The van der Waals surface area contributed by atoms with Crippen LogP contribution in [0.25, 0.3) is 0 Å². The fourth-order valence-corrected chi connectivity index (χ4v) is 4.21. The molecule has 0 heterocycles. The first-order chi connectivity index (χ1) is 13.7. The van der Waals surface area contributed by atoms with Crippen molar-refractivity contribution < 1.29 is 15.3 Å². The average Bonchev–Trinajstić information content (AvgIpc) is 3.40. The molecule has 29 heavy (non-hydrogen) atoms. The van der Waals surface area contributed by atoms with Gasteiger partial charge in [-0.1, -0.05) is 66.2 Å². The molecule has 166 valence electrons. The topological polar surface area (TPSA) is 60.7 Å². The molecule has 1 aliphatic carbocycles. The van der Waals surface area contributed by atoms with Gasteiger partial charge in [0.2, 0.25) is 0 Å². The highest BCUT2D eigenvalue weighted by Gasteiger charge is 2.35. The summed E-state index contributed by atoms with van der Waals surface area (Å²) in [6.07, 6.45) is 16.0. The molecule has 0 spiro atoms. The summed E-state index contributed by atoms with van der Waals surface area (Å²) in [5, 5.41) is 30.7. The van der Waals surface area contributed by atoms with Crippen LogP contribution < -0.4 is 0 Å². The molecule has 1 fully saturated rings. The predicted octanol–water partition coefficient (Wildman–Crippen LogP) is 7.64. The van der Waals surface area contributed by atoms with Crippen molar-refractivity contribution in [3.8, 4) is 17.2 Å². The lowest BCUT2D eigenvalue weighted by atomic mass is 9.84. The van der Waals surface area contributed by atoms with Crippen LogP contribution in [-0.4, -0.2) is 15.3 Å². The second-order valence-corrected chi connectivity index (χ2v) is 10.5. The van der Waals surface area contributed by atoms with E-state index in [-0.39, 0.29) is 17.2 Å². The molecular weight excluding hydrogens is 360 g/mol. The van der Waals surface area contributed by atoms with E-state index in [0.717, 1.165) is 49.7 Å². The van der Waals surface area contributed by atoms with Gasteiger partial charge in [0, 0.05) is 17.2 Å². The fourth-order valence-electron chi connectivity index (χ4n) is 4.21. The number of phenolic OH excluding ortho intramolecular Hbond substituents is 3. The minimum Gasteiger partial charge on any atom is -0.508 e. The summed E-state index contributed by atoms with van der Waals surface area (Å²) < 4.78 is 0. The maximum atomic E-state index is 10.4. The minimum atomic E-state index is -0.200. The minimum absolute atomic E-state index is 0.0309. The van der Waals surface area contributed by atoms with Crippen molar-refractivity contribution >= 4 is 0 Å². The van der Waals surface area contributed by atoms with E-state index in [1.54, 1.807) is 0 Å². The molecule has 1 saturated carbocycles. The monoisotopic (exact) mass is 404 g/mol. The van der Waals surface area contributed by atoms with Gasteiger partial charge in [-0.25, -0.2) is 0 Å². The second kappa shape index (κ2) is 10.6. The van der Waals surface area contributed by atoms with Gasteiger partial charge < -0.3 is 15.3 Å². The molecule has 3 heteroatoms. The molecule has 0 unspecified atom stereocenters. The number of aromatic hydroxyl groups is 3. The van der Waals surface area contributed by atoms with E-state index in [1.165, 1.54) is 57.4 Å². The third kappa shape index (κ3) is 7.75. The van der Waals surface area contributed by atoms with E-state index in [9.17, 15) is 15.3 Å². The zero-order chi connectivity index (χ0) is 21.5. The first-order valence-electron chi connectivity index (χ1n) is 11.9. The molecule has 0 radical (unpaired) electrons. The van der Waals surface area contributed by atoms with Crippen molar-refractivity contribution in [3.63, 3.8) is 0 Å². The van der Waals surface area contributed by atoms with Crippen LogP contribution in [0.1, 0.15) is 116 Å². The highest BCUT2D eigenvalue weighted by atomic mass is 16.3. The van der Waals surface area contributed by atoms with Crippen LogP contribution in [0.5, 0.6) is 17.2 Å². The van der Waals surface area contributed by atoms with Crippen molar-refractivity contribution in [1.82, 2.24) is 0 Å². The Morgan fingerprint density at radius 3 is 2.03 bits per heavy atom. The summed E-state index contributed by atoms with van der Waals surface area (Å²) in [4.78, 5) is 0. The van der Waals surface area contributed by atoms with E-state index in [1.807, 2.05) is 0 Å². The highest BCUT2D eigenvalue weighted by molar-refractivity contribution is 5.55. The molecule has 0 amide bonds. The van der Waals surface area contributed by atoms with Crippen molar-refractivity contribution in [3.05, 3.63) is 17.2 Å². The lowest BCUT2D eigenvalue weighted by molar-refractivity contribution is 0.307. The predicted molar refractivity (Wildman–Crippen MR) is 122 cm³/mol. The van der Waals surface area contributed by atoms with Crippen LogP contribution in [-0.2, 0) is 12.8 Å². The van der Waals surface area contributed by atoms with E-state index in [2.05, 4.69) is 27.7 Å². The number of rotatable bonds is 14. The zero-order valence-electron chi connectivity index (χ0n) is 19.3. The van der Waals surface area contributed by atoms with E-state index < -0.39 is 0 Å². The molecule has 0 saturated heterocycles. The van der Waals surface area contributed by atoms with E-state index in [4.69, 9.17) is 0 Å². The first-order valence-corrected chi connectivity index (χ1v) is 11.9. The molecule has 0 atom stereocenters. The Morgan fingerprint density at radius 1 is 0.828 bits per heavy atom. The summed E-state index contributed by atoms with van der Waals surface area (Å²) >= 11 is 0. The smallest absolute Gasteiger partial charge is 0.161 e. The number of hydrogen-bond donors (Lipinski definition) is 3. The normalized spacial score (nSPS) is 15.6. The highest BCUT2D eigenvalue weighted by Crippen LogP contribution is 2.49. The van der Waals surface area contributed by atoms with Crippen molar-refractivity contribution in [2.45, 2.75) is 118 Å². The van der Waals surface area contributed by atoms with Crippen LogP contribution >= 0.6 is 0 Å². The summed E-state index contributed by atoms with van der Waals surface area (Å²) in [5.41, 5.74) is 2.63. The maximum Gasteiger partial charge on any atom is 0.161 e. The summed E-state index contributed by atoms with van der Waals surface area (Å²) in [7, 11) is 0. The average molecular weight is 405 g/mol. The molecular formula is C26H44O3. The van der Waals surface area contributed by atoms with Crippen molar-refractivity contribution in [1.29, 1.82) is 0 Å². The molecule has 2 rings (SSSR count). The Bertz CT molecular complexity index is 644. The Kier molecular flexibility index (Phi) is 8.73. The SMILES string of the molecule is CCC(C)(C)CCCCCCc1c(O)cc(O)c(O)c1CCCCCC1(C)CC1. The van der Waals surface area contributed by atoms with Gasteiger partial charge in [-0.2, -0.15) is 0 Å². The summed E-state index contributed by atoms with van der Waals surface area (Å²) in [6, 6.07) is 1.30. The molecule has 3 nitrogen and oxygen atoms in total. The molecule has 1 aromatic carbocycles. The lowest BCUT2D eigenvalue weighted by Crippen LogP contribution is -2.08. The maximum absolute atomic E-state index is 10.4. The summed E-state index contributed by atoms with van der Waals surface area (Å²) in [5.74, 6) is -0.0990. The number of unbranched alkanes of at least 4 members (excludes halogenated alkanes) is 5. The largest absolute Gasteiger partial charge is 0.508 e. The van der Waals surface area contributed by atoms with Gasteiger partial charge in [-0.3, -0.25) is 0 Å². The van der Waals surface area contributed by atoms with E-state index in [0.29, 0.717) is 10.8 Å². The third-order valence-corrected chi connectivity index (χ3v) is 7.27. The summed E-state index contributed by atoms with van der Waals surface area (Å²) in [6.45, 7) is 9.30. The van der Waals surface area contributed by atoms with Crippen LogP contribution in [0.15, 0.2) is 6.07 Å². The zero-order valence-corrected chi connectivity index (χ0v) is 19.3. The Labute approximate surface area is 178 Å². The number of hydrogen-bond acceptors (Lipinski definition) is 3. The Balaban J connectivity index is 1.81. The second-order valence-electron chi connectivity index (χ2n) is 10.5. The third-order valence-electron chi connectivity index (χ3n) is 7.27. The van der Waals surface area contributed by atoms with Gasteiger partial charge in [-0.05, 0) is 62.2 Å². The van der Waals surface area contributed by atoms with Crippen LogP contribution in [0.2, 0.25) is 0 Å². The van der Waals surface area contributed by atoms with Gasteiger partial charge >= 0.3 is 0 Å². The first kappa shape index (κ1) is 23.9. The Hall–Kier alpha value is -1.38. The standard InChI is InChI=1S/C26H44O3/c1-5-25(2,3)15-11-7-6-9-13-20-21(24(29)23(28)19-22(20)27)14-10-8-12-16-26(4)17-18-26/h19,27-29H,5-18H2,1-4H3. The van der Waals surface area contributed by atoms with Gasteiger partial charge in [-0.15, -0.1) is 0 Å². The van der Waals surface area contributed by atoms with Crippen LogP contribution in [0.3, 0.4) is 0 Å². The molecule has 0 bridgehead atoms. The van der Waals surface area contributed by atoms with Crippen molar-refractivity contribution in [2.75, 3.05) is 0 Å². The van der Waals surface area contributed by atoms with Gasteiger partial charge in [0.25, 0.3) is 0 Å². The van der Waals surface area contributed by atoms with Gasteiger partial charge in [0.1, 0.15) is 5.75 Å². The van der Waals surface area contributed by atoms with Gasteiger partial charge in [0.15, 0.2) is 11.5 Å². The quantitative estimate of drug-likeness (QED) is 0.170. The number of phenols is 3. The van der Waals surface area contributed by atoms with E-state index >= 15 is 0 Å². The molecule has 1 aromatic rings. The molecule has 0 aromatic heterocycles. The van der Waals surface area contributed by atoms with Crippen LogP contribution in [0, 0.1) is 10.8 Å². The Morgan fingerprint density at radius 2 is 1.41 bits per heavy atom. The molecule has 0 aliphatic heterocycles.